The minimum atomic E-state index is -0.466. The van der Waals surface area contributed by atoms with E-state index >= 15 is 0 Å². The molecular formula is C17H10Cl4N2O. The van der Waals surface area contributed by atoms with Crippen LogP contribution in [0, 0.1) is 0 Å². The molecule has 0 saturated heterocycles. The maximum Gasteiger partial charge on any atom is 0.226 e. The van der Waals surface area contributed by atoms with E-state index in [-0.39, 0.29) is 6.42 Å². The molecule has 1 aromatic heterocycles. The van der Waals surface area contributed by atoms with Gasteiger partial charge < -0.3 is 0 Å². The molecule has 0 radical (unpaired) electrons. The van der Waals surface area contributed by atoms with Crippen molar-refractivity contribution >= 4 is 51.6 Å². The zero-order valence-corrected chi connectivity index (χ0v) is 15.2. The van der Waals surface area contributed by atoms with E-state index in [1.807, 2.05) is 12.1 Å². The highest BCUT2D eigenvalue weighted by Crippen LogP contribution is 2.30. The average molecular weight is 400 g/mol. The van der Waals surface area contributed by atoms with Gasteiger partial charge in [0.15, 0.2) is 0 Å². The van der Waals surface area contributed by atoms with Crippen molar-refractivity contribution in [2.75, 3.05) is 0 Å². The lowest BCUT2D eigenvalue weighted by Crippen LogP contribution is -1.94. The summed E-state index contributed by atoms with van der Waals surface area (Å²) in [7, 11) is 0. The molecule has 0 aliphatic carbocycles. The van der Waals surface area contributed by atoms with Crippen molar-refractivity contribution in [3.8, 4) is 16.9 Å². The minimum absolute atomic E-state index is 0.0602. The van der Waals surface area contributed by atoms with E-state index in [0.29, 0.717) is 26.3 Å². The van der Waals surface area contributed by atoms with Crippen LogP contribution in [0.4, 0.5) is 0 Å². The monoisotopic (exact) mass is 398 g/mol. The fourth-order valence-electron chi connectivity index (χ4n) is 2.30. The largest absolute Gasteiger partial charge is 0.281 e. The van der Waals surface area contributed by atoms with Gasteiger partial charge in [-0.15, -0.1) is 0 Å². The van der Waals surface area contributed by atoms with Crippen LogP contribution >= 0.6 is 46.4 Å². The number of rotatable bonds is 4. The number of hydrogen-bond donors (Lipinski definition) is 0. The highest BCUT2D eigenvalue weighted by molar-refractivity contribution is 6.63. The van der Waals surface area contributed by atoms with Crippen LogP contribution in [-0.4, -0.2) is 15.0 Å². The van der Waals surface area contributed by atoms with Crippen LogP contribution in [0.2, 0.25) is 15.1 Å². The lowest BCUT2D eigenvalue weighted by molar-refractivity contribution is -0.111. The van der Waals surface area contributed by atoms with Crippen LogP contribution in [0.25, 0.3) is 16.9 Å². The van der Waals surface area contributed by atoms with Gasteiger partial charge in [0, 0.05) is 22.3 Å². The summed E-state index contributed by atoms with van der Waals surface area (Å²) in [5.41, 5.74) is 2.89. The molecule has 0 aliphatic heterocycles. The molecule has 0 atom stereocenters. The van der Waals surface area contributed by atoms with Gasteiger partial charge in [0.1, 0.15) is 0 Å². The Kier molecular flexibility index (Phi) is 5.16. The highest BCUT2D eigenvalue weighted by Gasteiger charge is 2.15. The molecule has 0 aliphatic rings. The number of benzene rings is 2. The summed E-state index contributed by atoms with van der Waals surface area (Å²) in [4.78, 5) is 11.4. The van der Waals surface area contributed by atoms with Gasteiger partial charge in [-0.2, -0.15) is 5.10 Å². The topological polar surface area (TPSA) is 34.9 Å². The summed E-state index contributed by atoms with van der Waals surface area (Å²) in [5, 5.41) is 5.60. The standard InChI is InChI=1S/C17H10Cl4N2O/c18-12-2-4-13(5-3-12)23-9-11(8-16(21)24)17(22-23)10-1-6-14(19)15(20)7-10/h1-7,9H,8H2. The quantitative estimate of drug-likeness (QED) is 0.519. The third kappa shape index (κ3) is 3.76. The molecule has 24 heavy (non-hydrogen) atoms. The lowest BCUT2D eigenvalue weighted by atomic mass is 10.1. The Morgan fingerprint density at radius 2 is 1.71 bits per heavy atom. The normalized spacial score (nSPS) is 10.8. The van der Waals surface area contributed by atoms with Gasteiger partial charge in [0.05, 0.1) is 27.8 Å². The molecule has 3 rings (SSSR count). The molecular weight excluding hydrogens is 390 g/mol. The Balaban J connectivity index is 2.11. The van der Waals surface area contributed by atoms with Gasteiger partial charge in [-0.05, 0) is 48.0 Å². The van der Waals surface area contributed by atoms with Crippen molar-refractivity contribution < 1.29 is 4.79 Å². The molecule has 7 heteroatoms. The van der Waals surface area contributed by atoms with Crippen LogP contribution < -0.4 is 0 Å². The van der Waals surface area contributed by atoms with Gasteiger partial charge >= 0.3 is 0 Å². The summed E-state index contributed by atoms with van der Waals surface area (Å²) in [6, 6.07) is 12.4. The zero-order valence-electron chi connectivity index (χ0n) is 12.1. The Hall–Kier alpha value is -1.52. The summed E-state index contributed by atoms with van der Waals surface area (Å²) >= 11 is 23.5. The highest BCUT2D eigenvalue weighted by atomic mass is 35.5. The maximum absolute atomic E-state index is 11.4. The van der Waals surface area contributed by atoms with Crippen molar-refractivity contribution in [2.24, 2.45) is 0 Å². The fourth-order valence-corrected chi connectivity index (χ4v) is 2.87. The summed E-state index contributed by atoms with van der Waals surface area (Å²) in [5.74, 6) is 0. The second-order valence-corrected chi connectivity index (χ2v) is 6.76. The van der Waals surface area contributed by atoms with Gasteiger partial charge in [0.2, 0.25) is 5.24 Å². The predicted octanol–water partition coefficient (Wildman–Crippen LogP) is 5.81. The van der Waals surface area contributed by atoms with E-state index < -0.39 is 5.24 Å². The molecule has 0 saturated carbocycles. The van der Waals surface area contributed by atoms with Crippen LogP contribution in [0.3, 0.4) is 0 Å². The van der Waals surface area contributed by atoms with Crippen molar-refractivity contribution in [3.63, 3.8) is 0 Å². The molecule has 0 spiro atoms. The van der Waals surface area contributed by atoms with E-state index in [2.05, 4.69) is 5.10 Å². The second kappa shape index (κ2) is 7.16. The average Bonchev–Trinajstić information content (AvgIpc) is 2.94. The fraction of sp³-hybridized carbons (Fsp3) is 0.0588. The predicted molar refractivity (Wildman–Crippen MR) is 98.6 cm³/mol. The molecule has 1 heterocycles. The number of aromatic nitrogens is 2. The van der Waals surface area contributed by atoms with Crippen LogP contribution in [0.1, 0.15) is 5.56 Å². The van der Waals surface area contributed by atoms with Crippen molar-refractivity contribution in [2.45, 2.75) is 6.42 Å². The first kappa shape index (κ1) is 17.3. The van der Waals surface area contributed by atoms with Crippen LogP contribution in [0.5, 0.6) is 0 Å². The van der Waals surface area contributed by atoms with Gasteiger partial charge in [-0.3, -0.25) is 4.79 Å². The molecule has 122 valence electrons. The van der Waals surface area contributed by atoms with Gasteiger partial charge in [0.25, 0.3) is 0 Å². The van der Waals surface area contributed by atoms with Crippen LogP contribution in [0.15, 0.2) is 48.7 Å². The third-order valence-electron chi connectivity index (χ3n) is 3.40. The first-order chi connectivity index (χ1) is 11.4. The smallest absolute Gasteiger partial charge is 0.226 e. The molecule has 0 amide bonds. The lowest BCUT2D eigenvalue weighted by Gasteiger charge is -2.03. The molecule has 3 nitrogen and oxygen atoms in total. The molecule has 0 fully saturated rings. The molecule has 0 unspecified atom stereocenters. The SMILES string of the molecule is O=C(Cl)Cc1cn(-c2ccc(Cl)cc2)nc1-c1ccc(Cl)c(Cl)c1. The minimum Gasteiger partial charge on any atom is -0.281 e. The summed E-state index contributed by atoms with van der Waals surface area (Å²) in [6.07, 6.45) is 1.83. The van der Waals surface area contributed by atoms with Crippen molar-refractivity contribution in [3.05, 3.63) is 69.3 Å². The first-order valence-electron chi connectivity index (χ1n) is 6.92. The van der Waals surface area contributed by atoms with E-state index in [0.717, 1.165) is 11.3 Å². The third-order valence-corrected chi connectivity index (χ3v) is 4.53. The molecule has 0 bridgehead atoms. The Bertz CT molecular complexity index is 903. The molecule has 2 aromatic carbocycles. The van der Waals surface area contributed by atoms with E-state index in [1.165, 1.54) is 0 Å². The first-order valence-corrected chi connectivity index (χ1v) is 8.43. The number of carbonyl (C=O) groups excluding carboxylic acids is 1. The summed E-state index contributed by atoms with van der Waals surface area (Å²) in [6.45, 7) is 0. The Labute approximate surface area is 158 Å². The number of halogens is 4. The number of hydrogen-bond acceptors (Lipinski definition) is 2. The van der Waals surface area contributed by atoms with Gasteiger partial charge in [-0.25, -0.2) is 4.68 Å². The van der Waals surface area contributed by atoms with Gasteiger partial charge in [-0.1, -0.05) is 40.9 Å². The molecule has 0 N–H and O–H groups in total. The second-order valence-electron chi connectivity index (χ2n) is 5.08. The maximum atomic E-state index is 11.4. The molecule has 3 aromatic rings. The Morgan fingerprint density at radius 1 is 1.00 bits per heavy atom. The Morgan fingerprint density at radius 3 is 2.33 bits per heavy atom. The number of nitrogens with zero attached hydrogens (tertiary/aromatic N) is 2. The van der Waals surface area contributed by atoms with E-state index in [4.69, 9.17) is 46.4 Å². The van der Waals surface area contributed by atoms with Crippen molar-refractivity contribution in [1.82, 2.24) is 9.78 Å². The summed E-state index contributed by atoms with van der Waals surface area (Å²) < 4.78 is 1.67. The van der Waals surface area contributed by atoms with E-state index in [1.54, 1.807) is 41.2 Å². The van der Waals surface area contributed by atoms with E-state index in [9.17, 15) is 4.79 Å². The van der Waals surface area contributed by atoms with Crippen molar-refractivity contribution in [1.29, 1.82) is 0 Å². The van der Waals surface area contributed by atoms with Crippen LogP contribution in [-0.2, 0) is 11.2 Å². The number of carbonyl (C=O) groups is 1. The zero-order chi connectivity index (χ0) is 17.3.